The first-order chi connectivity index (χ1) is 13.1. The minimum atomic E-state index is -0.164. The molecule has 2 aliphatic carbocycles. The van der Waals surface area contributed by atoms with Crippen LogP contribution in [0.4, 0.5) is 0 Å². The summed E-state index contributed by atoms with van der Waals surface area (Å²) in [7, 11) is 1.49. The Kier molecular flexibility index (Phi) is 4.69. The summed E-state index contributed by atoms with van der Waals surface area (Å²) >= 11 is 0. The molecule has 1 saturated carbocycles. The van der Waals surface area contributed by atoms with Crippen LogP contribution in [0, 0.1) is 12.8 Å². The van der Waals surface area contributed by atoms with E-state index < -0.39 is 0 Å². The number of ether oxygens (including phenoxy) is 1. The molecule has 2 aliphatic rings. The van der Waals surface area contributed by atoms with Gasteiger partial charge in [0.05, 0.1) is 7.11 Å². The molecule has 138 valence electrons. The van der Waals surface area contributed by atoms with Gasteiger partial charge in [-0.3, -0.25) is 9.59 Å². The molecule has 4 rings (SSSR count). The number of rotatable bonds is 3. The van der Waals surface area contributed by atoms with Crippen molar-refractivity contribution in [3.63, 3.8) is 0 Å². The molecule has 2 aromatic carbocycles. The summed E-state index contributed by atoms with van der Waals surface area (Å²) in [6.07, 6.45) is 3.86. The summed E-state index contributed by atoms with van der Waals surface area (Å²) in [5.74, 6) is 0.656. The van der Waals surface area contributed by atoms with Crippen LogP contribution >= 0.6 is 0 Å². The SMILES string of the molecule is COC1=C(C2CCC(c3ccc(C)cc3)CC2)C(=O)c2ccccc2C1=O. The maximum absolute atomic E-state index is 13.1. The lowest BCUT2D eigenvalue weighted by Crippen LogP contribution is -2.29. The monoisotopic (exact) mass is 360 g/mol. The largest absolute Gasteiger partial charge is 0.492 e. The molecule has 2 aromatic rings. The second-order valence-corrected chi connectivity index (χ2v) is 7.61. The van der Waals surface area contributed by atoms with Gasteiger partial charge in [0.1, 0.15) is 0 Å². The minimum Gasteiger partial charge on any atom is -0.492 e. The third-order valence-electron chi connectivity index (χ3n) is 6.00. The van der Waals surface area contributed by atoms with Gasteiger partial charge in [0, 0.05) is 16.7 Å². The van der Waals surface area contributed by atoms with Gasteiger partial charge >= 0.3 is 0 Å². The van der Waals surface area contributed by atoms with E-state index in [1.165, 1.54) is 18.2 Å². The van der Waals surface area contributed by atoms with E-state index in [1.54, 1.807) is 18.2 Å². The zero-order valence-corrected chi connectivity index (χ0v) is 15.8. The number of carbonyl (C=O) groups excluding carboxylic acids is 2. The Morgan fingerprint density at radius 2 is 1.33 bits per heavy atom. The zero-order chi connectivity index (χ0) is 19.0. The van der Waals surface area contributed by atoms with E-state index in [9.17, 15) is 9.59 Å². The first kappa shape index (κ1) is 17.7. The van der Waals surface area contributed by atoms with Crippen molar-refractivity contribution in [2.24, 2.45) is 5.92 Å². The number of hydrogen-bond donors (Lipinski definition) is 0. The van der Waals surface area contributed by atoms with Gasteiger partial charge < -0.3 is 4.74 Å². The molecule has 0 N–H and O–H groups in total. The van der Waals surface area contributed by atoms with Crippen molar-refractivity contribution in [2.75, 3.05) is 7.11 Å². The zero-order valence-electron chi connectivity index (χ0n) is 15.8. The summed E-state index contributed by atoms with van der Waals surface area (Å²) in [4.78, 5) is 26.0. The van der Waals surface area contributed by atoms with Gasteiger partial charge in [-0.25, -0.2) is 0 Å². The average Bonchev–Trinajstić information content (AvgIpc) is 2.71. The third kappa shape index (κ3) is 3.12. The molecule has 0 saturated heterocycles. The van der Waals surface area contributed by atoms with Crippen LogP contribution in [-0.4, -0.2) is 18.7 Å². The first-order valence-corrected chi connectivity index (χ1v) is 9.63. The van der Waals surface area contributed by atoms with Gasteiger partial charge in [0.25, 0.3) is 0 Å². The highest BCUT2D eigenvalue weighted by Crippen LogP contribution is 2.42. The lowest BCUT2D eigenvalue weighted by Gasteiger charge is -2.32. The quantitative estimate of drug-likeness (QED) is 0.751. The Bertz CT molecular complexity index is 913. The van der Waals surface area contributed by atoms with Gasteiger partial charge in [0.2, 0.25) is 5.78 Å². The van der Waals surface area contributed by atoms with Crippen LogP contribution in [-0.2, 0) is 4.74 Å². The molecule has 27 heavy (non-hydrogen) atoms. The molecule has 0 atom stereocenters. The number of Topliss-reactive ketones (excluding diaryl/α,β-unsaturated/α-hetero) is 2. The van der Waals surface area contributed by atoms with Crippen LogP contribution in [0.2, 0.25) is 0 Å². The fraction of sp³-hybridized carbons (Fsp3) is 0.333. The molecule has 0 unspecified atom stereocenters. The number of allylic oxidation sites excluding steroid dienone is 2. The standard InChI is InChI=1S/C24H24O3/c1-15-7-9-16(10-8-15)17-11-13-18(14-12-17)21-22(25)19-5-3-4-6-20(19)23(26)24(21)27-2/h3-10,17-18H,11-14H2,1-2H3. The number of fused-ring (bicyclic) bond motifs is 1. The fourth-order valence-electron chi connectivity index (χ4n) is 4.50. The Hall–Kier alpha value is -2.68. The molecule has 3 nitrogen and oxygen atoms in total. The predicted molar refractivity (Wildman–Crippen MR) is 105 cm³/mol. The lowest BCUT2D eigenvalue weighted by molar-refractivity contribution is 0.0890. The summed E-state index contributed by atoms with van der Waals surface area (Å²) in [5, 5.41) is 0. The van der Waals surface area contributed by atoms with Crippen LogP contribution in [0.15, 0.2) is 59.9 Å². The van der Waals surface area contributed by atoms with Crippen LogP contribution in [0.1, 0.15) is 63.4 Å². The Morgan fingerprint density at radius 3 is 1.93 bits per heavy atom. The van der Waals surface area contributed by atoms with Crippen molar-refractivity contribution in [3.8, 4) is 0 Å². The van der Waals surface area contributed by atoms with Crippen LogP contribution in [0.25, 0.3) is 0 Å². The molecular weight excluding hydrogens is 336 g/mol. The Labute approximate surface area is 160 Å². The molecule has 3 heteroatoms. The number of hydrogen-bond acceptors (Lipinski definition) is 3. The van der Waals surface area contributed by atoms with Crippen LogP contribution < -0.4 is 0 Å². The van der Waals surface area contributed by atoms with Gasteiger partial charge in [-0.2, -0.15) is 0 Å². The fourth-order valence-corrected chi connectivity index (χ4v) is 4.50. The highest BCUT2D eigenvalue weighted by molar-refractivity contribution is 6.26. The maximum Gasteiger partial charge on any atom is 0.228 e. The topological polar surface area (TPSA) is 43.4 Å². The summed E-state index contributed by atoms with van der Waals surface area (Å²) < 4.78 is 5.43. The lowest BCUT2D eigenvalue weighted by atomic mass is 9.72. The van der Waals surface area contributed by atoms with Crippen molar-refractivity contribution >= 4 is 11.6 Å². The molecule has 0 radical (unpaired) electrons. The van der Waals surface area contributed by atoms with Gasteiger partial charge in [-0.1, -0.05) is 54.1 Å². The van der Waals surface area contributed by atoms with Crippen molar-refractivity contribution in [3.05, 3.63) is 82.1 Å². The summed E-state index contributed by atoms with van der Waals surface area (Å²) in [5.41, 5.74) is 4.20. The van der Waals surface area contributed by atoms with Gasteiger partial charge in [0.15, 0.2) is 11.5 Å². The smallest absolute Gasteiger partial charge is 0.228 e. The minimum absolute atomic E-state index is 0.0409. The number of aryl methyl sites for hydroxylation is 1. The van der Waals surface area contributed by atoms with E-state index in [1.807, 2.05) is 6.07 Å². The average molecular weight is 360 g/mol. The maximum atomic E-state index is 13.1. The third-order valence-corrected chi connectivity index (χ3v) is 6.00. The second kappa shape index (κ2) is 7.15. The van der Waals surface area contributed by atoms with Gasteiger partial charge in [-0.15, -0.1) is 0 Å². The molecule has 0 amide bonds. The van der Waals surface area contributed by atoms with E-state index in [-0.39, 0.29) is 23.2 Å². The van der Waals surface area contributed by atoms with E-state index in [4.69, 9.17) is 4.74 Å². The van der Waals surface area contributed by atoms with E-state index in [2.05, 4.69) is 31.2 Å². The van der Waals surface area contributed by atoms with Crippen molar-refractivity contribution in [1.29, 1.82) is 0 Å². The first-order valence-electron chi connectivity index (χ1n) is 9.63. The highest BCUT2D eigenvalue weighted by Gasteiger charge is 2.38. The number of carbonyl (C=O) groups is 2. The molecule has 0 bridgehead atoms. The molecule has 0 spiro atoms. The molecular formula is C24H24O3. The van der Waals surface area contributed by atoms with E-state index in [0.29, 0.717) is 22.6 Å². The van der Waals surface area contributed by atoms with Crippen LogP contribution in [0.3, 0.4) is 0 Å². The second-order valence-electron chi connectivity index (χ2n) is 7.61. The number of benzene rings is 2. The number of methoxy groups -OCH3 is 1. The molecule has 0 aliphatic heterocycles. The Balaban J connectivity index is 1.59. The van der Waals surface area contributed by atoms with Crippen molar-refractivity contribution in [2.45, 2.75) is 38.5 Å². The molecule has 0 aromatic heterocycles. The van der Waals surface area contributed by atoms with E-state index >= 15 is 0 Å². The van der Waals surface area contributed by atoms with E-state index in [0.717, 1.165) is 25.7 Å². The number of ketones is 2. The predicted octanol–water partition coefficient (Wildman–Crippen LogP) is 5.25. The van der Waals surface area contributed by atoms with Gasteiger partial charge in [-0.05, 0) is 50.0 Å². The molecule has 0 heterocycles. The van der Waals surface area contributed by atoms with Crippen LogP contribution in [0.5, 0.6) is 0 Å². The normalized spacial score (nSPS) is 22.6. The highest BCUT2D eigenvalue weighted by atomic mass is 16.5. The summed E-state index contributed by atoms with van der Waals surface area (Å²) in [6, 6.07) is 15.8. The van der Waals surface area contributed by atoms with Crippen molar-refractivity contribution in [1.82, 2.24) is 0 Å². The Morgan fingerprint density at radius 1 is 0.778 bits per heavy atom. The molecule has 1 fully saturated rings. The summed E-state index contributed by atoms with van der Waals surface area (Å²) in [6.45, 7) is 2.10. The van der Waals surface area contributed by atoms with Crippen molar-refractivity contribution < 1.29 is 14.3 Å².